The fourth-order valence-electron chi connectivity index (χ4n) is 4.15. The smallest absolute Gasteiger partial charge is 0.343 e. The molecule has 1 aromatic carbocycles. The SMILES string of the molecule is O=C(O)c1c(NCC2CC(=O)N(C3CCCC3)C2)noc1-c1ccccc1. The van der Waals surface area contributed by atoms with Crippen LogP contribution in [0.4, 0.5) is 5.82 Å². The molecule has 2 heterocycles. The van der Waals surface area contributed by atoms with Crippen molar-refractivity contribution in [3.8, 4) is 11.3 Å². The third kappa shape index (κ3) is 3.54. The van der Waals surface area contributed by atoms with Gasteiger partial charge in [0.25, 0.3) is 0 Å². The number of hydrogen-bond acceptors (Lipinski definition) is 5. The van der Waals surface area contributed by atoms with E-state index in [-0.39, 0.29) is 29.0 Å². The number of carboxylic acid groups (broad SMARTS) is 1. The molecule has 27 heavy (non-hydrogen) atoms. The van der Waals surface area contributed by atoms with Crippen LogP contribution in [0.5, 0.6) is 0 Å². The molecule has 1 aliphatic heterocycles. The molecular formula is C20H23N3O4. The molecule has 142 valence electrons. The number of aromatic nitrogens is 1. The molecule has 0 bridgehead atoms. The highest BCUT2D eigenvalue weighted by atomic mass is 16.5. The van der Waals surface area contributed by atoms with Gasteiger partial charge in [-0.25, -0.2) is 4.79 Å². The van der Waals surface area contributed by atoms with Crippen molar-refractivity contribution in [2.75, 3.05) is 18.4 Å². The van der Waals surface area contributed by atoms with E-state index >= 15 is 0 Å². The standard InChI is InChI=1S/C20H23N3O4/c24-16-10-13(12-23(16)15-8-4-5-9-15)11-21-19-17(20(25)26)18(27-22-19)14-6-2-1-3-7-14/h1-3,6-7,13,15H,4-5,8-12H2,(H,21,22)(H,25,26). The lowest BCUT2D eigenvalue weighted by molar-refractivity contribution is -0.129. The minimum Gasteiger partial charge on any atom is -0.477 e. The molecule has 1 amide bonds. The van der Waals surface area contributed by atoms with Gasteiger partial charge in [0.05, 0.1) is 0 Å². The molecule has 2 N–H and O–H groups in total. The van der Waals surface area contributed by atoms with Crippen molar-refractivity contribution >= 4 is 17.7 Å². The number of benzene rings is 1. The number of carbonyl (C=O) groups is 2. The van der Waals surface area contributed by atoms with Crippen molar-refractivity contribution < 1.29 is 19.2 Å². The van der Waals surface area contributed by atoms with Crippen molar-refractivity contribution in [2.45, 2.75) is 38.1 Å². The fourth-order valence-corrected chi connectivity index (χ4v) is 4.15. The highest BCUT2D eigenvalue weighted by Crippen LogP contribution is 2.31. The quantitative estimate of drug-likeness (QED) is 0.811. The van der Waals surface area contributed by atoms with Gasteiger partial charge < -0.3 is 19.8 Å². The van der Waals surface area contributed by atoms with Crippen molar-refractivity contribution in [3.05, 3.63) is 35.9 Å². The lowest BCUT2D eigenvalue weighted by Crippen LogP contribution is -2.34. The summed E-state index contributed by atoms with van der Waals surface area (Å²) in [5, 5.41) is 16.6. The normalized spacial score (nSPS) is 20.4. The Balaban J connectivity index is 1.45. The van der Waals surface area contributed by atoms with Gasteiger partial charge in [0.15, 0.2) is 17.1 Å². The van der Waals surface area contributed by atoms with Gasteiger partial charge in [0, 0.05) is 37.0 Å². The number of nitrogens with one attached hydrogen (secondary N) is 1. The average Bonchev–Trinajstić information content (AvgIpc) is 3.40. The summed E-state index contributed by atoms with van der Waals surface area (Å²) in [4.78, 5) is 26.1. The third-order valence-corrected chi connectivity index (χ3v) is 5.50. The van der Waals surface area contributed by atoms with E-state index in [0.717, 1.165) is 19.4 Å². The van der Waals surface area contributed by atoms with E-state index in [1.165, 1.54) is 12.8 Å². The predicted molar refractivity (Wildman–Crippen MR) is 99.5 cm³/mol. The summed E-state index contributed by atoms with van der Waals surface area (Å²) < 4.78 is 5.31. The largest absolute Gasteiger partial charge is 0.477 e. The van der Waals surface area contributed by atoms with E-state index in [1.54, 1.807) is 12.1 Å². The molecule has 1 unspecified atom stereocenters. The highest BCUT2D eigenvalue weighted by molar-refractivity contribution is 5.99. The Bertz CT molecular complexity index is 827. The molecule has 2 aromatic rings. The van der Waals surface area contributed by atoms with Gasteiger partial charge in [0.1, 0.15) is 0 Å². The minimum absolute atomic E-state index is 0.0261. The van der Waals surface area contributed by atoms with Gasteiger partial charge in [-0.2, -0.15) is 0 Å². The lowest BCUT2D eigenvalue weighted by atomic mass is 10.1. The molecule has 0 spiro atoms. The molecule has 7 nitrogen and oxygen atoms in total. The maximum atomic E-state index is 12.3. The van der Waals surface area contributed by atoms with Gasteiger partial charge in [0.2, 0.25) is 5.91 Å². The number of amides is 1. The van der Waals surface area contributed by atoms with Gasteiger partial charge in [-0.15, -0.1) is 0 Å². The summed E-state index contributed by atoms with van der Waals surface area (Å²) in [6.45, 7) is 1.22. The maximum Gasteiger partial charge on any atom is 0.343 e. The van der Waals surface area contributed by atoms with E-state index in [0.29, 0.717) is 24.6 Å². The van der Waals surface area contributed by atoms with Crippen LogP contribution in [0.1, 0.15) is 42.5 Å². The van der Waals surface area contributed by atoms with Crippen LogP contribution in [-0.4, -0.2) is 46.2 Å². The van der Waals surface area contributed by atoms with Crippen molar-refractivity contribution in [2.24, 2.45) is 5.92 Å². The monoisotopic (exact) mass is 369 g/mol. The van der Waals surface area contributed by atoms with E-state index in [4.69, 9.17) is 4.52 Å². The van der Waals surface area contributed by atoms with Crippen LogP contribution >= 0.6 is 0 Å². The van der Waals surface area contributed by atoms with Gasteiger partial charge in [-0.05, 0) is 12.8 Å². The van der Waals surface area contributed by atoms with Crippen molar-refractivity contribution in [1.82, 2.24) is 10.1 Å². The minimum atomic E-state index is -1.09. The molecule has 1 saturated heterocycles. The second-order valence-corrected chi connectivity index (χ2v) is 7.34. The summed E-state index contributed by atoms with van der Waals surface area (Å²) in [5.74, 6) is -0.282. The Labute approximate surface area is 157 Å². The summed E-state index contributed by atoms with van der Waals surface area (Å²) >= 11 is 0. The van der Waals surface area contributed by atoms with Crippen molar-refractivity contribution in [3.63, 3.8) is 0 Å². The number of rotatable bonds is 6. The maximum absolute atomic E-state index is 12.3. The van der Waals surface area contributed by atoms with Crippen LogP contribution < -0.4 is 5.32 Å². The Kier molecular flexibility index (Phi) is 4.83. The first kappa shape index (κ1) is 17.6. The van der Waals surface area contributed by atoms with Gasteiger partial charge in [-0.1, -0.05) is 48.3 Å². The number of aromatic carboxylic acids is 1. The van der Waals surface area contributed by atoms with Crippen LogP contribution in [0.25, 0.3) is 11.3 Å². The lowest BCUT2D eigenvalue weighted by Gasteiger charge is -2.24. The van der Waals surface area contributed by atoms with Crippen LogP contribution in [-0.2, 0) is 4.79 Å². The first-order valence-electron chi connectivity index (χ1n) is 9.45. The topological polar surface area (TPSA) is 95.7 Å². The molecule has 0 radical (unpaired) electrons. The molecular weight excluding hydrogens is 346 g/mol. The molecule has 2 aliphatic rings. The second-order valence-electron chi connectivity index (χ2n) is 7.34. The van der Waals surface area contributed by atoms with E-state index in [9.17, 15) is 14.7 Å². The summed E-state index contributed by atoms with van der Waals surface area (Å²) in [6.07, 6.45) is 5.08. The molecule has 1 atom stereocenters. The summed E-state index contributed by atoms with van der Waals surface area (Å²) in [7, 11) is 0. The Morgan fingerprint density at radius 2 is 2.00 bits per heavy atom. The molecule has 1 aromatic heterocycles. The Morgan fingerprint density at radius 3 is 2.70 bits per heavy atom. The summed E-state index contributed by atoms with van der Waals surface area (Å²) in [5.41, 5.74) is 0.692. The first-order valence-corrected chi connectivity index (χ1v) is 9.45. The molecule has 1 aliphatic carbocycles. The van der Waals surface area contributed by atoms with Crippen LogP contribution in [0, 0.1) is 5.92 Å². The third-order valence-electron chi connectivity index (χ3n) is 5.50. The van der Waals surface area contributed by atoms with Crippen LogP contribution in [0.3, 0.4) is 0 Å². The first-order chi connectivity index (χ1) is 13.1. The van der Waals surface area contributed by atoms with Gasteiger partial charge >= 0.3 is 5.97 Å². The number of likely N-dealkylation sites (tertiary alicyclic amines) is 1. The molecule has 1 saturated carbocycles. The zero-order valence-corrected chi connectivity index (χ0v) is 15.1. The van der Waals surface area contributed by atoms with E-state index in [2.05, 4.69) is 10.5 Å². The van der Waals surface area contributed by atoms with Crippen LogP contribution in [0.15, 0.2) is 34.9 Å². The fraction of sp³-hybridized carbons (Fsp3) is 0.450. The molecule has 7 heteroatoms. The molecule has 2 fully saturated rings. The zero-order chi connectivity index (χ0) is 18.8. The molecule has 4 rings (SSSR count). The number of carbonyl (C=O) groups excluding carboxylic acids is 1. The predicted octanol–water partition coefficient (Wildman–Crippen LogP) is 3.24. The zero-order valence-electron chi connectivity index (χ0n) is 15.1. The average molecular weight is 369 g/mol. The van der Waals surface area contributed by atoms with E-state index in [1.807, 2.05) is 23.1 Å². The van der Waals surface area contributed by atoms with E-state index < -0.39 is 5.97 Å². The van der Waals surface area contributed by atoms with Gasteiger partial charge in [-0.3, -0.25) is 4.79 Å². The highest BCUT2D eigenvalue weighted by Gasteiger charge is 2.35. The summed E-state index contributed by atoms with van der Waals surface area (Å²) in [6, 6.07) is 9.44. The number of nitrogens with zero attached hydrogens (tertiary/aromatic N) is 2. The number of anilines is 1. The Morgan fingerprint density at radius 1 is 1.26 bits per heavy atom. The van der Waals surface area contributed by atoms with Crippen molar-refractivity contribution in [1.29, 1.82) is 0 Å². The van der Waals surface area contributed by atoms with Crippen LogP contribution in [0.2, 0.25) is 0 Å². The number of carboxylic acids is 1. The number of hydrogen-bond donors (Lipinski definition) is 2. The second kappa shape index (κ2) is 7.42. The Hall–Kier alpha value is -2.83.